The van der Waals surface area contributed by atoms with Gasteiger partial charge in [-0.2, -0.15) is 0 Å². The molecule has 0 aliphatic carbocycles. The summed E-state index contributed by atoms with van der Waals surface area (Å²) < 4.78 is 0. The van der Waals surface area contributed by atoms with Crippen LogP contribution in [0.2, 0.25) is 0 Å². The first-order valence-electron chi connectivity index (χ1n) is 7.79. The van der Waals surface area contributed by atoms with Crippen molar-refractivity contribution in [3.05, 3.63) is 18.1 Å². The standard InChI is InChI=1S/C16H28N4/c1-5-13-7-6-8-20(12-13)15-11-17-14(9-18-15)10-19-16(2,3)4/h9,11,13,19H,5-8,10,12H2,1-4H3. The first-order valence-corrected chi connectivity index (χ1v) is 7.79. The van der Waals surface area contributed by atoms with Crippen LogP contribution in [0.3, 0.4) is 0 Å². The van der Waals surface area contributed by atoms with Gasteiger partial charge < -0.3 is 10.2 Å². The Balaban J connectivity index is 1.94. The molecule has 0 spiro atoms. The highest BCUT2D eigenvalue weighted by Crippen LogP contribution is 2.22. The van der Waals surface area contributed by atoms with E-state index in [2.05, 4.69) is 47.9 Å². The summed E-state index contributed by atoms with van der Waals surface area (Å²) in [4.78, 5) is 11.5. The van der Waals surface area contributed by atoms with Gasteiger partial charge in [0.05, 0.1) is 18.1 Å². The lowest BCUT2D eigenvalue weighted by Crippen LogP contribution is -2.36. The van der Waals surface area contributed by atoms with Crippen LogP contribution in [0.15, 0.2) is 12.4 Å². The maximum absolute atomic E-state index is 4.60. The summed E-state index contributed by atoms with van der Waals surface area (Å²) in [5.41, 5.74) is 1.12. The predicted molar refractivity (Wildman–Crippen MR) is 83.9 cm³/mol. The molecule has 20 heavy (non-hydrogen) atoms. The van der Waals surface area contributed by atoms with Crippen LogP contribution >= 0.6 is 0 Å². The number of anilines is 1. The third-order valence-electron chi connectivity index (χ3n) is 3.91. The van der Waals surface area contributed by atoms with Crippen LogP contribution in [-0.2, 0) is 6.54 Å². The molecule has 0 radical (unpaired) electrons. The number of hydrogen-bond donors (Lipinski definition) is 1. The van der Waals surface area contributed by atoms with E-state index in [0.29, 0.717) is 0 Å². The van der Waals surface area contributed by atoms with Crippen molar-refractivity contribution in [2.45, 2.75) is 59.0 Å². The minimum absolute atomic E-state index is 0.113. The summed E-state index contributed by atoms with van der Waals surface area (Å²) in [5, 5.41) is 3.44. The Labute approximate surface area is 123 Å². The molecule has 2 rings (SSSR count). The second kappa shape index (κ2) is 6.53. The van der Waals surface area contributed by atoms with E-state index in [9.17, 15) is 0 Å². The zero-order valence-electron chi connectivity index (χ0n) is 13.3. The normalized spacial score (nSPS) is 20.2. The Morgan fingerprint density at radius 2 is 2.10 bits per heavy atom. The minimum Gasteiger partial charge on any atom is -0.355 e. The molecule has 4 heteroatoms. The van der Waals surface area contributed by atoms with Crippen LogP contribution in [0.4, 0.5) is 5.82 Å². The molecule has 1 aliphatic rings. The summed E-state index contributed by atoms with van der Waals surface area (Å²) in [6.07, 6.45) is 7.72. The monoisotopic (exact) mass is 276 g/mol. The molecule has 1 fully saturated rings. The average Bonchev–Trinajstić information content (AvgIpc) is 2.45. The van der Waals surface area contributed by atoms with Crippen molar-refractivity contribution in [3.63, 3.8) is 0 Å². The van der Waals surface area contributed by atoms with Gasteiger partial charge in [-0.05, 0) is 39.5 Å². The van der Waals surface area contributed by atoms with Gasteiger partial charge >= 0.3 is 0 Å². The number of rotatable bonds is 4. The Kier molecular flexibility index (Phi) is 4.97. The van der Waals surface area contributed by atoms with E-state index in [4.69, 9.17) is 0 Å². The third-order valence-corrected chi connectivity index (χ3v) is 3.91. The summed E-state index contributed by atoms with van der Waals surface area (Å²) in [5.74, 6) is 1.84. The second-order valence-electron chi connectivity index (χ2n) is 6.83. The third kappa shape index (κ3) is 4.44. The Bertz CT molecular complexity index is 407. The van der Waals surface area contributed by atoms with Crippen molar-refractivity contribution in [3.8, 4) is 0 Å². The van der Waals surface area contributed by atoms with E-state index in [1.54, 1.807) is 0 Å². The van der Waals surface area contributed by atoms with E-state index >= 15 is 0 Å². The van der Waals surface area contributed by atoms with Gasteiger partial charge in [-0.25, -0.2) is 4.98 Å². The number of piperidine rings is 1. The second-order valence-corrected chi connectivity index (χ2v) is 6.83. The quantitative estimate of drug-likeness (QED) is 0.918. The molecule has 0 amide bonds. The highest BCUT2D eigenvalue weighted by molar-refractivity contribution is 5.36. The molecule has 1 aromatic rings. The molecule has 1 atom stereocenters. The fourth-order valence-electron chi connectivity index (χ4n) is 2.56. The van der Waals surface area contributed by atoms with E-state index in [0.717, 1.165) is 37.1 Å². The van der Waals surface area contributed by atoms with Gasteiger partial charge in [0.1, 0.15) is 5.82 Å². The van der Waals surface area contributed by atoms with E-state index in [1.807, 2.05) is 12.4 Å². The molecular weight excluding hydrogens is 248 g/mol. The zero-order chi connectivity index (χ0) is 14.6. The molecule has 1 aliphatic heterocycles. The molecule has 1 unspecified atom stereocenters. The average molecular weight is 276 g/mol. The van der Waals surface area contributed by atoms with Crippen LogP contribution in [0.5, 0.6) is 0 Å². The number of aromatic nitrogens is 2. The van der Waals surface area contributed by atoms with Gasteiger partial charge in [-0.3, -0.25) is 4.98 Å². The number of nitrogens with zero attached hydrogens (tertiary/aromatic N) is 3. The molecule has 2 heterocycles. The van der Waals surface area contributed by atoms with Crippen molar-refractivity contribution in [1.29, 1.82) is 0 Å². The Morgan fingerprint density at radius 1 is 1.30 bits per heavy atom. The van der Waals surface area contributed by atoms with Gasteiger partial charge in [0.25, 0.3) is 0 Å². The van der Waals surface area contributed by atoms with Gasteiger partial charge in [-0.1, -0.05) is 13.3 Å². The van der Waals surface area contributed by atoms with Crippen molar-refractivity contribution < 1.29 is 0 Å². The highest BCUT2D eigenvalue weighted by Gasteiger charge is 2.19. The maximum atomic E-state index is 4.60. The SMILES string of the molecule is CCC1CCCN(c2cnc(CNC(C)(C)C)cn2)C1. The maximum Gasteiger partial charge on any atom is 0.147 e. The lowest BCUT2D eigenvalue weighted by Gasteiger charge is -2.33. The molecule has 4 nitrogen and oxygen atoms in total. The van der Waals surface area contributed by atoms with Gasteiger partial charge in [0.2, 0.25) is 0 Å². The van der Waals surface area contributed by atoms with Crippen LogP contribution in [0, 0.1) is 5.92 Å². The lowest BCUT2D eigenvalue weighted by molar-refractivity contribution is 0.402. The molecule has 1 N–H and O–H groups in total. The fourth-order valence-corrected chi connectivity index (χ4v) is 2.56. The predicted octanol–water partition coefficient (Wildman–Crippen LogP) is 2.99. The van der Waals surface area contributed by atoms with E-state index in [1.165, 1.54) is 19.3 Å². The first-order chi connectivity index (χ1) is 9.48. The fraction of sp³-hybridized carbons (Fsp3) is 0.750. The first kappa shape index (κ1) is 15.2. The van der Waals surface area contributed by atoms with Crippen molar-refractivity contribution >= 4 is 5.82 Å². The van der Waals surface area contributed by atoms with E-state index in [-0.39, 0.29) is 5.54 Å². The van der Waals surface area contributed by atoms with Gasteiger partial charge in [0.15, 0.2) is 0 Å². The highest BCUT2D eigenvalue weighted by atomic mass is 15.2. The summed E-state index contributed by atoms with van der Waals surface area (Å²) in [6.45, 7) is 11.8. The van der Waals surface area contributed by atoms with Crippen molar-refractivity contribution in [2.75, 3.05) is 18.0 Å². The molecule has 0 aromatic carbocycles. The molecule has 1 saturated heterocycles. The summed E-state index contributed by atoms with van der Waals surface area (Å²) in [7, 11) is 0. The molecule has 112 valence electrons. The Hall–Kier alpha value is -1.16. The lowest BCUT2D eigenvalue weighted by atomic mass is 9.96. The minimum atomic E-state index is 0.113. The van der Waals surface area contributed by atoms with Crippen LogP contribution in [-0.4, -0.2) is 28.6 Å². The largest absolute Gasteiger partial charge is 0.355 e. The van der Waals surface area contributed by atoms with Crippen molar-refractivity contribution in [2.24, 2.45) is 5.92 Å². The Morgan fingerprint density at radius 3 is 2.70 bits per heavy atom. The molecule has 0 bridgehead atoms. The van der Waals surface area contributed by atoms with Gasteiger partial charge in [-0.15, -0.1) is 0 Å². The summed E-state index contributed by atoms with van der Waals surface area (Å²) in [6, 6.07) is 0. The summed E-state index contributed by atoms with van der Waals surface area (Å²) >= 11 is 0. The van der Waals surface area contributed by atoms with Crippen LogP contribution < -0.4 is 10.2 Å². The number of nitrogens with one attached hydrogen (secondary N) is 1. The van der Waals surface area contributed by atoms with Crippen LogP contribution in [0.25, 0.3) is 0 Å². The van der Waals surface area contributed by atoms with Crippen molar-refractivity contribution in [1.82, 2.24) is 15.3 Å². The number of hydrogen-bond acceptors (Lipinski definition) is 4. The molecular formula is C16H28N4. The molecule has 1 aromatic heterocycles. The van der Waals surface area contributed by atoms with Crippen LogP contribution in [0.1, 0.15) is 52.7 Å². The smallest absolute Gasteiger partial charge is 0.147 e. The zero-order valence-corrected chi connectivity index (χ0v) is 13.3. The van der Waals surface area contributed by atoms with Gasteiger partial charge in [0, 0.05) is 25.2 Å². The topological polar surface area (TPSA) is 41.1 Å². The van der Waals surface area contributed by atoms with E-state index < -0.39 is 0 Å². The molecule has 0 saturated carbocycles.